The predicted molar refractivity (Wildman–Crippen MR) is 99.2 cm³/mol. The van der Waals surface area contributed by atoms with Crippen molar-refractivity contribution in [2.75, 3.05) is 5.32 Å². The Morgan fingerprint density at radius 2 is 1.88 bits per heavy atom. The van der Waals surface area contributed by atoms with E-state index in [1.165, 1.54) is 0 Å². The Balaban J connectivity index is 1.95. The predicted octanol–water partition coefficient (Wildman–Crippen LogP) is 4.09. The van der Waals surface area contributed by atoms with Gasteiger partial charge in [-0.3, -0.25) is 4.79 Å². The van der Waals surface area contributed by atoms with E-state index in [1.807, 2.05) is 62.4 Å². The SMILES string of the molecule is CCCc1c(C(=O)Nc2cc(C)ccc2C)nnn1-c1ccccc1. The lowest BCUT2D eigenvalue weighted by Crippen LogP contribution is -2.16. The minimum absolute atomic E-state index is 0.223. The van der Waals surface area contributed by atoms with Crippen LogP contribution in [0.5, 0.6) is 0 Å². The molecule has 0 bridgehead atoms. The normalized spacial score (nSPS) is 10.7. The van der Waals surface area contributed by atoms with Gasteiger partial charge in [-0.2, -0.15) is 0 Å². The number of nitrogens with one attached hydrogen (secondary N) is 1. The molecule has 0 unspecified atom stereocenters. The van der Waals surface area contributed by atoms with Gasteiger partial charge in [0.2, 0.25) is 0 Å². The average Bonchev–Trinajstić information content (AvgIpc) is 3.03. The van der Waals surface area contributed by atoms with E-state index in [1.54, 1.807) is 4.68 Å². The number of amides is 1. The number of para-hydroxylation sites is 1. The molecule has 128 valence electrons. The molecule has 1 aromatic heterocycles. The second-order valence-electron chi connectivity index (χ2n) is 6.15. The Bertz CT molecular complexity index is 884. The zero-order valence-corrected chi connectivity index (χ0v) is 14.8. The third-order valence-electron chi connectivity index (χ3n) is 4.11. The summed E-state index contributed by atoms with van der Waals surface area (Å²) in [6, 6.07) is 15.8. The van der Waals surface area contributed by atoms with E-state index in [0.29, 0.717) is 5.69 Å². The van der Waals surface area contributed by atoms with Gasteiger partial charge in [0.25, 0.3) is 5.91 Å². The number of nitrogens with zero attached hydrogens (tertiary/aromatic N) is 3. The molecule has 0 aliphatic carbocycles. The van der Waals surface area contributed by atoms with Gasteiger partial charge in [-0.05, 0) is 49.6 Å². The smallest absolute Gasteiger partial charge is 0.278 e. The van der Waals surface area contributed by atoms with Crippen LogP contribution >= 0.6 is 0 Å². The summed E-state index contributed by atoms with van der Waals surface area (Å²) in [5, 5.41) is 11.3. The molecule has 0 saturated carbocycles. The molecule has 1 heterocycles. The number of carbonyl (C=O) groups is 1. The molecule has 0 aliphatic heterocycles. The van der Waals surface area contributed by atoms with E-state index >= 15 is 0 Å². The van der Waals surface area contributed by atoms with E-state index in [0.717, 1.165) is 41.0 Å². The molecule has 1 N–H and O–H groups in total. The van der Waals surface area contributed by atoms with E-state index in [9.17, 15) is 4.79 Å². The van der Waals surface area contributed by atoms with Gasteiger partial charge in [-0.1, -0.05) is 48.9 Å². The summed E-state index contributed by atoms with van der Waals surface area (Å²) in [6.07, 6.45) is 1.64. The zero-order valence-electron chi connectivity index (χ0n) is 14.8. The van der Waals surface area contributed by atoms with Crippen molar-refractivity contribution in [1.82, 2.24) is 15.0 Å². The number of aryl methyl sites for hydroxylation is 2. The van der Waals surface area contributed by atoms with Crippen LogP contribution in [0, 0.1) is 13.8 Å². The van der Waals surface area contributed by atoms with Crippen molar-refractivity contribution in [3.8, 4) is 5.69 Å². The fourth-order valence-electron chi connectivity index (χ4n) is 2.77. The minimum atomic E-state index is -0.223. The first-order valence-electron chi connectivity index (χ1n) is 8.48. The van der Waals surface area contributed by atoms with Crippen molar-refractivity contribution in [3.05, 3.63) is 71.0 Å². The quantitative estimate of drug-likeness (QED) is 0.764. The van der Waals surface area contributed by atoms with Crippen molar-refractivity contribution in [2.24, 2.45) is 0 Å². The highest BCUT2D eigenvalue weighted by Crippen LogP contribution is 2.19. The maximum absolute atomic E-state index is 12.8. The third kappa shape index (κ3) is 3.60. The third-order valence-corrected chi connectivity index (χ3v) is 4.11. The lowest BCUT2D eigenvalue weighted by molar-refractivity contribution is 0.102. The Morgan fingerprint density at radius 3 is 2.60 bits per heavy atom. The fraction of sp³-hybridized carbons (Fsp3) is 0.250. The first-order valence-corrected chi connectivity index (χ1v) is 8.48. The second-order valence-corrected chi connectivity index (χ2v) is 6.15. The van der Waals surface area contributed by atoms with E-state index in [-0.39, 0.29) is 5.91 Å². The van der Waals surface area contributed by atoms with Gasteiger partial charge < -0.3 is 5.32 Å². The molecule has 25 heavy (non-hydrogen) atoms. The zero-order chi connectivity index (χ0) is 17.8. The van der Waals surface area contributed by atoms with Crippen LogP contribution in [0.4, 0.5) is 5.69 Å². The van der Waals surface area contributed by atoms with Crippen molar-refractivity contribution >= 4 is 11.6 Å². The largest absolute Gasteiger partial charge is 0.320 e. The number of carbonyl (C=O) groups excluding carboxylic acids is 1. The minimum Gasteiger partial charge on any atom is -0.320 e. The highest BCUT2D eigenvalue weighted by Gasteiger charge is 2.20. The Labute approximate surface area is 147 Å². The van der Waals surface area contributed by atoms with Crippen LogP contribution in [-0.2, 0) is 6.42 Å². The van der Waals surface area contributed by atoms with Crippen LogP contribution in [0.25, 0.3) is 5.69 Å². The van der Waals surface area contributed by atoms with E-state index < -0.39 is 0 Å². The molecule has 3 aromatic rings. The van der Waals surface area contributed by atoms with Crippen molar-refractivity contribution in [2.45, 2.75) is 33.6 Å². The molecule has 0 atom stereocenters. The van der Waals surface area contributed by atoms with E-state index in [4.69, 9.17) is 0 Å². The summed E-state index contributed by atoms with van der Waals surface area (Å²) >= 11 is 0. The lowest BCUT2D eigenvalue weighted by atomic mass is 10.1. The molecule has 0 radical (unpaired) electrons. The van der Waals surface area contributed by atoms with Crippen LogP contribution < -0.4 is 5.32 Å². The van der Waals surface area contributed by atoms with Crippen LogP contribution in [0.15, 0.2) is 48.5 Å². The summed E-state index contributed by atoms with van der Waals surface area (Å²) in [5.41, 5.74) is 5.04. The number of aromatic nitrogens is 3. The maximum atomic E-state index is 12.8. The fourth-order valence-corrected chi connectivity index (χ4v) is 2.77. The molecule has 5 nitrogen and oxygen atoms in total. The molecular formula is C20H22N4O. The monoisotopic (exact) mass is 334 g/mol. The molecular weight excluding hydrogens is 312 g/mol. The Morgan fingerprint density at radius 1 is 1.12 bits per heavy atom. The molecule has 1 amide bonds. The molecule has 3 rings (SSSR count). The van der Waals surface area contributed by atoms with Crippen molar-refractivity contribution < 1.29 is 4.79 Å². The van der Waals surface area contributed by atoms with Gasteiger partial charge >= 0.3 is 0 Å². The molecule has 0 fully saturated rings. The molecule has 5 heteroatoms. The van der Waals surface area contributed by atoms with Gasteiger partial charge in [-0.25, -0.2) is 4.68 Å². The second kappa shape index (κ2) is 7.30. The number of anilines is 1. The summed E-state index contributed by atoms with van der Waals surface area (Å²) < 4.78 is 1.75. The van der Waals surface area contributed by atoms with Gasteiger partial charge in [0.05, 0.1) is 11.4 Å². The van der Waals surface area contributed by atoms with Gasteiger partial charge in [0.1, 0.15) is 0 Å². The van der Waals surface area contributed by atoms with Gasteiger partial charge in [0.15, 0.2) is 5.69 Å². The van der Waals surface area contributed by atoms with E-state index in [2.05, 4.69) is 22.6 Å². The van der Waals surface area contributed by atoms with Crippen LogP contribution in [0.2, 0.25) is 0 Å². The summed E-state index contributed by atoms with van der Waals surface area (Å²) in [4.78, 5) is 12.8. The summed E-state index contributed by atoms with van der Waals surface area (Å²) in [5.74, 6) is -0.223. The Hall–Kier alpha value is -2.95. The highest BCUT2D eigenvalue weighted by atomic mass is 16.2. The van der Waals surface area contributed by atoms with Crippen LogP contribution in [-0.4, -0.2) is 20.9 Å². The first-order chi connectivity index (χ1) is 12.1. The summed E-state index contributed by atoms with van der Waals surface area (Å²) in [6.45, 7) is 6.06. The average molecular weight is 334 g/mol. The summed E-state index contributed by atoms with van der Waals surface area (Å²) in [7, 11) is 0. The van der Waals surface area contributed by atoms with Crippen molar-refractivity contribution in [1.29, 1.82) is 0 Å². The first kappa shape index (κ1) is 16.9. The van der Waals surface area contributed by atoms with Gasteiger partial charge in [-0.15, -0.1) is 5.10 Å². The molecule has 0 saturated heterocycles. The maximum Gasteiger partial charge on any atom is 0.278 e. The van der Waals surface area contributed by atoms with Crippen LogP contribution in [0.1, 0.15) is 40.7 Å². The molecule has 0 spiro atoms. The Kier molecular flexibility index (Phi) is 4.93. The van der Waals surface area contributed by atoms with Crippen LogP contribution in [0.3, 0.4) is 0 Å². The van der Waals surface area contributed by atoms with Crippen molar-refractivity contribution in [3.63, 3.8) is 0 Å². The topological polar surface area (TPSA) is 59.8 Å². The molecule has 0 aliphatic rings. The molecule has 2 aromatic carbocycles. The number of hydrogen-bond acceptors (Lipinski definition) is 3. The van der Waals surface area contributed by atoms with Gasteiger partial charge in [0, 0.05) is 5.69 Å². The number of benzene rings is 2. The highest BCUT2D eigenvalue weighted by molar-refractivity contribution is 6.04. The number of hydrogen-bond donors (Lipinski definition) is 1. The number of rotatable bonds is 5. The standard InChI is InChI=1S/C20H22N4O/c1-4-8-18-19(22-23-24(18)16-9-6-5-7-10-16)20(25)21-17-13-14(2)11-12-15(17)3/h5-7,9-13H,4,8H2,1-3H3,(H,21,25). The lowest BCUT2D eigenvalue weighted by Gasteiger charge is -2.10.